The molecular weight excluding hydrogens is 268 g/mol. The number of phenolic OH excluding ortho intramolecular Hbond substituents is 2. The van der Waals surface area contributed by atoms with Crippen molar-refractivity contribution in [2.24, 2.45) is 0 Å². The van der Waals surface area contributed by atoms with Crippen molar-refractivity contribution in [1.82, 2.24) is 0 Å². The van der Waals surface area contributed by atoms with Crippen LogP contribution >= 0.6 is 11.6 Å². The number of Topliss-reactive ketones (excluding diaryl/α,β-unsaturated/α-hetero) is 1. The van der Waals surface area contributed by atoms with Crippen molar-refractivity contribution in [3.63, 3.8) is 0 Å². The minimum absolute atomic E-state index is 0.0971. The molecule has 0 radical (unpaired) electrons. The molecule has 0 saturated heterocycles. The van der Waals surface area contributed by atoms with Crippen LogP contribution in [0.1, 0.15) is 10.4 Å². The third-order valence-corrected chi connectivity index (χ3v) is 2.68. The van der Waals surface area contributed by atoms with E-state index in [2.05, 4.69) is 0 Å². The lowest BCUT2D eigenvalue weighted by Crippen LogP contribution is -2.11. The minimum atomic E-state index is -0.391. The summed E-state index contributed by atoms with van der Waals surface area (Å²) in [5.41, 5.74) is 0.0971. The highest BCUT2D eigenvalue weighted by atomic mass is 35.5. The van der Waals surface area contributed by atoms with Gasteiger partial charge in [-0.1, -0.05) is 17.7 Å². The number of aromatic hydroxyl groups is 2. The predicted octanol–water partition coefficient (Wildman–Crippen LogP) is 3.01. The van der Waals surface area contributed by atoms with E-state index in [0.29, 0.717) is 10.8 Å². The molecule has 4 nitrogen and oxygen atoms in total. The Labute approximate surface area is 114 Å². The number of halogens is 1. The largest absolute Gasteiger partial charge is 0.508 e. The van der Waals surface area contributed by atoms with E-state index in [-0.39, 0.29) is 23.7 Å². The van der Waals surface area contributed by atoms with Crippen molar-refractivity contribution >= 4 is 17.4 Å². The molecular formula is C14H11ClO4. The Kier molecular flexibility index (Phi) is 3.92. The summed E-state index contributed by atoms with van der Waals surface area (Å²) in [6.07, 6.45) is 0. The van der Waals surface area contributed by atoms with E-state index >= 15 is 0 Å². The number of rotatable bonds is 4. The number of phenols is 2. The molecule has 0 saturated carbocycles. The van der Waals surface area contributed by atoms with Gasteiger partial charge in [-0.2, -0.15) is 0 Å². The molecule has 0 fully saturated rings. The molecule has 2 N–H and O–H groups in total. The van der Waals surface area contributed by atoms with Gasteiger partial charge in [-0.3, -0.25) is 4.79 Å². The maximum Gasteiger partial charge on any atom is 0.203 e. The van der Waals surface area contributed by atoms with Gasteiger partial charge in [-0.25, -0.2) is 0 Å². The molecule has 2 aromatic carbocycles. The van der Waals surface area contributed by atoms with Gasteiger partial charge in [-0.15, -0.1) is 0 Å². The van der Waals surface area contributed by atoms with Gasteiger partial charge in [0.25, 0.3) is 0 Å². The van der Waals surface area contributed by atoms with Gasteiger partial charge in [0.1, 0.15) is 17.2 Å². The lowest BCUT2D eigenvalue weighted by atomic mass is 10.1. The van der Waals surface area contributed by atoms with Crippen molar-refractivity contribution in [2.45, 2.75) is 0 Å². The first-order chi connectivity index (χ1) is 9.06. The van der Waals surface area contributed by atoms with Gasteiger partial charge in [0.2, 0.25) is 5.78 Å². The van der Waals surface area contributed by atoms with E-state index in [0.717, 1.165) is 6.07 Å². The second kappa shape index (κ2) is 5.63. The number of benzene rings is 2. The highest BCUT2D eigenvalue weighted by Crippen LogP contribution is 2.23. The summed E-state index contributed by atoms with van der Waals surface area (Å²) in [5.74, 6) is -0.305. The number of carbonyl (C=O) groups excluding carboxylic acids is 1. The molecule has 0 atom stereocenters. The smallest absolute Gasteiger partial charge is 0.203 e. The van der Waals surface area contributed by atoms with Crippen LogP contribution in [0.4, 0.5) is 0 Å². The zero-order chi connectivity index (χ0) is 13.8. The number of carbonyl (C=O) groups is 1. The Morgan fingerprint density at radius 2 is 1.95 bits per heavy atom. The van der Waals surface area contributed by atoms with Crippen molar-refractivity contribution in [3.05, 3.63) is 53.1 Å². The molecule has 0 aliphatic rings. The van der Waals surface area contributed by atoms with Crippen LogP contribution in [-0.2, 0) is 0 Å². The van der Waals surface area contributed by atoms with Crippen LogP contribution in [0.3, 0.4) is 0 Å². The second-order valence-corrected chi connectivity index (χ2v) is 4.31. The quantitative estimate of drug-likeness (QED) is 0.844. The van der Waals surface area contributed by atoms with Crippen LogP contribution in [0, 0.1) is 0 Å². The normalized spacial score (nSPS) is 10.2. The van der Waals surface area contributed by atoms with Gasteiger partial charge in [0, 0.05) is 11.1 Å². The predicted molar refractivity (Wildman–Crippen MR) is 71.0 cm³/mol. The summed E-state index contributed by atoms with van der Waals surface area (Å²) in [7, 11) is 0. The number of hydrogen-bond donors (Lipinski definition) is 2. The van der Waals surface area contributed by atoms with Crippen LogP contribution in [0.2, 0.25) is 5.02 Å². The van der Waals surface area contributed by atoms with Crippen molar-refractivity contribution < 1.29 is 19.7 Å². The molecule has 0 unspecified atom stereocenters. The van der Waals surface area contributed by atoms with Crippen LogP contribution in [0.5, 0.6) is 17.2 Å². The van der Waals surface area contributed by atoms with Gasteiger partial charge in [-0.05, 0) is 30.3 Å². The Morgan fingerprint density at radius 1 is 1.16 bits per heavy atom. The van der Waals surface area contributed by atoms with Gasteiger partial charge < -0.3 is 14.9 Å². The van der Waals surface area contributed by atoms with E-state index in [1.165, 1.54) is 12.1 Å². The Morgan fingerprint density at radius 3 is 2.63 bits per heavy atom. The zero-order valence-corrected chi connectivity index (χ0v) is 10.6. The van der Waals surface area contributed by atoms with Crippen molar-refractivity contribution in [3.8, 4) is 17.2 Å². The van der Waals surface area contributed by atoms with E-state index in [4.69, 9.17) is 21.4 Å². The summed E-state index contributed by atoms with van der Waals surface area (Å²) in [6.45, 7) is -0.224. The molecule has 2 rings (SSSR count). The standard InChI is InChI=1S/C14H11ClO4/c15-9-2-1-3-11(6-9)19-8-14(18)12-5-4-10(16)7-13(12)17/h1-7,16-17H,8H2. The highest BCUT2D eigenvalue weighted by molar-refractivity contribution is 6.30. The second-order valence-electron chi connectivity index (χ2n) is 3.87. The molecule has 0 aliphatic carbocycles. The van der Waals surface area contributed by atoms with Crippen molar-refractivity contribution in [1.29, 1.82) is 0 Å². The zero-order valence-electron chi connectivity index (χ0n) is 9.84. The van der Waals surface area contributed by atoms with E-state index in [1.807, 2.05) is 0 Å². The molecule has 0 aromatic heterocycles. The Hall–Kier alpha value is -2.20. The first-order valence-electron chi connectivity index (χ1n) is 5.50. The molecule has 0 spiro atoms. The molecule has 2 aromatic rings. The maximum atomic E-state index is 11.8. The number of ketones is 1. The lowest BCUT2D eigenvalue weighted by Gasteiger charge is -2.07. The third-order valence-electron chi connectivity index (χ3n) is 2.45. The van der Waals surface area contributed by atoms with Crippen LogP contribution in [0.25, 0.3) is 0 Å². The Bertz CT molecular complexity index is 610. The van der Waals surface area contributed by atoms with Crippen LogP contribution in [-0.4, -0.2) is 22.6 Å². The fourth-order valence-electron chi connectivity index (χ4n) is 1.54. The highest BCUT2D eigenvalue weighted by Gasteiger charge is 2.12. The monoisotopic (exact) mass is 278 g/mol. The molecule has 0 heterocycles. The molecule has 5 heteroatoms. The average molecular weight is 279 g/mol. The first-order valence-corrected chi connectivity index (χ1v) is 5.87. The fraction of sp³-hybridized carbons (Fsp3) is 0.0714. The third kappa shape index (κ3) is 3.39. The summed E-state index contributed by atoms with van der Waals surface area (Å²) in [4.78, 5) is 11.8. The van der Waals surface area contributed by atoms with Crippen LogP contribution in [0.15, 0.2) is 42.5 Å². The van der Waals surface area contributed by atoms with Crippen molar-refractivity contribution in [2.75, 3.05) is 6.61 Å². The van der Waals surface area contributed by atoms with Gasteiger partial charge >= 0.3 is 0 Å². The maximum absolute atomic E-state index is 11.8. The Balaban J connectivity index is 2.05. The summed E-state index contributed by atoms with van der Waals surface area (Å²) >= 11 is 5.79. The number of hydrogen-bond acceptors (Lipinski definition) is 4. The number of ether oxygens (including phenoxy) is 1. The lowest BCUT2D eigenvalue weighted by molar-refractivity contribution is 0.0919. The van der Waals surface area contributed by atoms with E-state index < -0.39 is 5.78 Å². The fourth-order valence-corrected chi connectivity index (χ4v) is 1.72. The summed E-state index contributed by atoms with van der Waals surface area (Å²) in [6, 6.07) is 10.4. The van der Waals surface area contributed by atoms with Gasteiger partial charge in [0.05, 0.1) is 5.56 Å². The topological polar surface area (TPSA) is 66.8 Å². The molecule has 19 heavy (non-hydrogen) atoms. The summed E-state index contributed by atoms with van der Waals surface area (Å²) in [5, 5.41) is 19.2. The molecule has 0 aliphatic heterocycles. The van der Waals surface area contributed by atoms with Gasteiger partial charge in [0.15, 0.2) is 6.61 Å². The average Bonchev–Trinajstić information content (AvgIpc) is 2.36. The minimum Gasteiger partial charge on any atom is -0.508 e. The molecule has 0 amide bonds. The SMILES string of the molecule is O=C(COc1cccc(Cl)c1)c1ccc(O)cc1O. The molecule has 0 bridgehead atoms. The van der Waals surface area contributed by atoms with Crippen LogP contribution < -0.4 is 4.74 Å². The summed E-state index contributed by atoms with van der Waals surface area (Å²) < 4.78 is 5.28. The van der Waals surface area contributed by atoms with E-state index in [1.54, 1.807) is 24.3 Å². The first kappa shape index (κ1) is 13.2. The molecule has 98 valence electrons. The van der Waals surface area contributed by atoms with E-state index in [9.17, 15) is 9.90 Å².